The molecule has 0 aliphatic heterocycles. The first-order chi connectivity index (χ1) is 11.4. The Bertz CT molecular complexity index is 1060. The first-order valence-electron chi connectivity index (χ1n) is 7.36. The van der Waals surface area contributed by atoms with E-state index in [4.69, 9.17) is 4.42 Å². The zero-order valence-electron chi connectivity index (χ0n) is 13.2. The van der Waals surface area contributed by atoms with E-state index < -0.39 is 15.7 Å². The Labute approximate surface area is 143 Å². The molecular weight excluding hydrogens is 348 g/mol. The molecule has 1 aromatic carbocycles. The quantitative estimate of drug-likeness (QED) is 0.713. The highest BCUT2D eigenvalue weighted by Crippen LogP contribution is 2.22. The fourth-order valence-corrected chi connectivity index (χ4v) is 4.17. The van der Waals surface area contributed by atoms with Crippen molar-refractivity contribution < 1.29 is 17.6 Å². The molecule has 1 amide bonds. The molecule has 0 atom stereocenters. The van der Waals surface area contributed by atoms with Crippen LogP contribution >= 0.6 is 11.3 Å². The molecular formula is C16H16N2O4S2. The summed E-state index contributed by atoms with van der Waals surface area (Å²) in [6, 6.07) is 8.15. The molecule has 0 aliphatic carbocycles. The van der Waals surface area contributed by atoms with Gasteiger partial charge >= 0.3 is 5.91 Å². The van der Waals surface area contributed by atoms with E-state index in [0.29, 0.717) is 11.3 Å². The molecule has 24 heavy (non-hydrogen) atoms. The lowest BCUT2D eigenvalue weighted by molar-refractivity contribution is 0.0971. The largest absolute Gasteiger partial charge is 0.459 e. The number of aryl methyl sites for hydroxylation is 1. The van der Waals surface area contributed by atoms with Crippen LogP contribution in [-0.4, -0.2) is 25.1 Å². The third kappa shape index (κ3) is 3.20. The second-order valence-electron chi connectivity index (χ2n) is 5.33. The second-order valence-corrected chi connectivity index (χ2v) is 8.36. The molecule has 0 saturated carbocycles. The number of carbonyl (C=O) groups is 1. The number of amides is 1. The van der Waals surface area contributed by atoms with Crippen molar-refractivity contribution in [2.45, 2.75) is 24.8 Å². The van der Waals surface area contributed by atoms with Crippen LogP contribution in [0, 0.1) is 0 Å². The van der Waals surface area contributed by atoms with E-state index in [-0.39, 0.29) is 10.7 Å². The van der Waals surface area contributed by atoms with Crippen molar-refractivity contribution in [3.05, 3.63) is 47.2 Å². The number of aromatic nitrogens is 1. The van der Waals surface area contributed by atoms with Gasteiger partial charge in [-0.1, -0.05) is 18.3 Å². The summed E-state index contributed by atoms with van der Waals surface area (Å²) in [5.74, 6) is -0.285. The van der Waals surface area contributed by atoms with E-state index in [2.05, 4.69) is 4.99 Å². The summed E-state index contributed by atoms with van der Waals surface area (Å²) in [7, 11) is -3.28. The predicted octanol–water partition coefficient (Wildman–Crippen LogP) is 2.85. The van der Waals surface area contributed by atoms with Gasteiger partial charge in [0.1, 0.15) is 0 Å². The number of hydrogen-bond acceptors (Lipinski definition) is 5. The smallest absolute Gasteiger partial charge is 0.315 e. The predicted molar refractivity (Wildman–Crippen MR) is 91.8 cm³/mol. The van der Waals surface area contributed by atoms with Gasteiger partial charge in [0.25, 0.3) is 0 Å². The zero-order chi connectivity index (χ0) is 17.3. The Morgan fingerprint density at radius 1 is 1.33 bits per heavy atom. The summed E-state index contributed by atoms with van der Waals surface area (Å²) in [6.45, 7) is 2.71. The fraction of sp³-hybridized carbons (Fsp3) is 0.250. The van der Waals surface area contributed by atoms with Crippen molar-refractivity contribution >= 4 is 37.3 Å². The Hall–Kier alpha value is -2.19. The van der Waals surface area contributed by atoms with Crippen molar-refractivity contribution in [2.24, 2.45) is 4.99 Å². The molecule has 2 aromatic heterocycles. The van der Waals surface area contributed by atoms with Gasteiger partial charge in [-0.25, -0.2) is 8.42 Å². The minimum Gasteiger partial charge on any atom is -0.459 e. The number of benzene rings is 1. The van der Waals surface area contributed by atoms with Crippen molar-refractivity contribution in [3.8, 4) is 0 Å². The van der Waals surface area contributed by atoms with E-state index in [1.165, 1.54) is 23.9 Å². The Balaban J connectivity index is 2.19. The average molecular weight is 364 g/mol. The number of sulfone groups is 1. The SMILES string of the molecule is CCCn1c(=NC(=O)c2ccco2)sc2cc(S(C)(=O)=O)ccc21. The maximum atomic E-state index is 12.2. The van der Waals surface area contributed by atoms with Crippen LogP contribution in [-0.2, 0) is 16.4 Å². The second kappa shape index (κ2) is 6.37. The summed E-state index contributed by atoms with van der Waals surface area (Å²) in [5, 5.41) is 0. The summed E-state index contributed by atoms with van der Waals surface area (Å²) >= 11 is 1.29. The molecule has 2 heterocycles. The number of nitrogens with zero attached hydrogens (tertiary/aromatic N) is 2. The van der Waals surface area contributed by atoms with Gasteiger partial charge in [-0.15, -0.1) is 0 Å². The normalized spacial score (nSPS) is 12.8. The molecule has 126 valence electrons. The minimum atomic E-state index is -3.28. The molecule has 0 spiro atoms. The summed E-state index contributed by atoms with van der Waals surface area (Å²) in [6.07, 6.45) is 3.46. The van der Waals surface area contributed by atoms with Gasteiger partial charge in [0, 0.05) is 12.8 Å². The molecule has 0 unspecified atom stereocenters. The minimum absolute atomic E-state index is 0.173. The topological polar surface area (TPSA) is 81.6 Å². The van der Waals surface area contributed by atoms with Gasteiger partial charge in [-0.2, -0.15) is 4.99 Å². The van der Waals surface area contributed by atoms with Crippen molar-refractivity contribution in [1.29, 1.82) is 0 Å². The highest BCUT2D eigenvalue weighted by molar-refractivity contribution is 7.90. The maximum Gasteiger partial charge on any atom is 0.315 e. The van der Waals surface area contributed by atoms with Crippen LogP contribution in [0.25, 0.3) is 10.2 Å². The third-order valence-corrected chi connectivity index (χ3v) is 5.61. The van der Waals surface area contributed by atoms with Gasteiger partial charge in [0.2, 0.25) is 0 Å². The van der Waals surface area contributed by atoms with Crippen LogP contribution in [0.2, 0.25) is 0 Å². The van der Waals surface area contributed by atoms with Gasteiger partial charge in [0.05, 0.1) is 21.4 Å². The van der Waals surface area contributed by atoms with Gasteiger partial charge in [-0.3, -0.25) is 4.79 Å². The number of carbonyl (C=O) groups excluding carboxylic acids is 1. The van der Waals surface area contributed by atoms with Crippen LogP contribution in [0.1, 0.15) is 23.9 Å². The van der Waals surface area contributed by atoms with Crippen LogP contribution in [0.15, 0.2) is 50.9 Å². The van der Waals surface area contributed by atoms with Gasteiger partial charge < -0.3 is 8.98 Å². The molecule has 0 aliphatic rings. The molecule has 3 aromatic rings. The fourth-order valence-electron chi connectivity index (χ4n) is 2.35. The lowest BCUT2D eigenvalue weighted by Gasteiger charge is -2.03. The highest BCUT2D eigenvalue weighted by atomic mass is 32.2. The first-order valence-corrected chi connectivity index (χ1v) is 10.1. The Morgan fingerprint density at radius 3 is 2.75 bits per heavy atom. The highest BCUT2D eigenvalue weighted by Gasteiger charge is 2.13. The molecule has 0 fully saturated rings. The number of fused-ring (bicyclic) bond motifs is 1. The van der Waals surface area contributed by atoms with Crippen molar-refractivity contribution in [1.82, 2.24) is 4.57 Å². The van der Waals surface area contributed by atoms with Crippen LogP contribution in [0.4, 0.5) is 0 Å². The zero-order valence-corrected chi connectivity index (χ0v) is 14.9. The third-order valence-electron chi connectivity index (χ3n) is 3.46. The number of thiazole rings is 1. The number of hydrogen-bond donors (Lipinski definition) is 0. The van der Waals surface area contributed by atoms with E-state index >= 15 is 0 Å². The van der Waals surface area contributed by atoms with Gasteiger partial charge in [-0.05, 0) is 36.8 Å². The van der Waals surface area contributed by atoms with E-state index in [1.807, 2.05) is 11.5 Å². The monoisotopic (exact) mass is 364 g/mol. The van der Waals surface area contributed by atoms with E-state index in [9.17, 15) is 13.2 Å². The van der Waals surface area contributed by atoms with Crippen LogP contribution in [0.5, 0.6) is 0 Å². The number of rotatable bonds is 4. The lowest BCUT2D eigenvalue weighted by Crippen LogP contribution is -2.16. The van der Waals surface area contributed by atoms with E-state index in [1.54, 1.807) is 30.3 Å². The molecule has 6 nitrogen and oxygen atoms in total. The summed E-state index contributed by atoms with van der Waals surface area (Å²) < 4.78 is 31.2. The lowest BCUT2D eigenvalue weighted by atomic mass is 10.3. The summed E-state index contributed by atoms with van der Waals surface area (Å²) in [5.41, 5.74) is 0.861. The van der Waals surface area contributed by atoms with Gasteiger partial charge in [0.15, 0.2) is 20.4 Å². The first kappa shape index (κ1) is 16.7. The standard InChI is InChI=1S/C16H16N2O4S2/c1-3-8-18-12-7-6-11(24(2,20)21)10-14(12)23-16(18)17-15(19)13-5-4-9-22-13/h4-7,9-10H,3,8H2,1-2H3. The van der Waals surface area contributed by atoms with Crippen molar-refractivity contribution in [3.63, 3.8) is 0 Å². The van der Waals surface area contributed by atoms with Crippen LogP contribution in [0.3, 0.4) is 0 Å². The average Bonchev–Trinajstić information content (AvgIpc) is 3.15. The Morgan fingerprint density at radius 2 is 2.12 bits per heavy atom. The molecule has 3 rings (SSSR count). The van der Waals surface area contributed by atoms with Crippen LogP contribution < -0.4 is 4.80 Å². The molecule has 0 radical (unpaired) electrons. The molecule has 0 N–H and O–H groups in total. The molecule has 0 saturated heterocycles. The molecule has 8 heteroatoms. The maximum absolute atomic E-state index is 12.2. The van der Waals surface area contributed by atoms with Crippen molar-refractivity contribution in [2.75, 3.05) is 6.26 Å². The number of furan rings is 1. The van der Waals surface area contributed by atoms with E-state index in [0.717, 1.165) is 16.6 Å². The summed E-state index contributed by atoms with van der Waals surface area (Å²) in [4.78, 5) is 17.1. The Kier molecular flexibility index (Phi) is 4.42. The molecule has 0 bridgehead atoms.